The summed E-state index contributed by atoms with van der Waals surface area (Å²) in [7, 11) is 0. The minimum Gasteiger partial charge on any atom is -0.480 e. The Bertz CT molecular complexity index is 603. The number of carbonyl (C=O) groups is 2. The number of hydrogen-bond acceptors (Lipinski definition) is 2. The normalized spacial score (nSPS) is 12.3. The summed E-state index contributed by atoms with van der Waals surface area (Å²) in [5, 5.41) is 11.3. The number of benzene rings is 1. The summed E-state index contributed by atoms with van der Waals surface area (Å²) in [4.78, 5) is 22.7. The van der Waals surface area contributed by atoms with E-state index in [0.717, 1.165) is 10.9 Å². The third kappa shape index (κ3) is 1.95. The van der Waals surface area contributed by atoms with Crippen LogP contribution in [0.15, 0.2) is 36.5 Å². The molecule has 1 N–H and O–H groups in total. The zero-order valence-corrected chi connectivity index (χ0v) is 10.2. The first-order valence-electron chi connectivity index (χ1n) is 5.61. The van der Waals surface area contributed by atoms with Crippen LogP contribution in [0, 0.1) is 0 Å². The number of carbonyl (C=O) groups excluding carboxylic acids is 1. The van der Waals surface area contributed by atoms with Gasteiger partial charge in [-0.1, -0.05) is 18.2 Å². The van der Waals surface area contributed by atoms with Gasteiger partial charge in [-0.15, -0.1) is 0 Å². The van der Waals surface area contributed by atoms with Gasteiger partial charge < -0.3 is 5.11 Å². The van der Waals surface area contributed by atoms with E-state index < -0.39 is 12.0 Å². The molecule has 5 nitrogen and oxygen atoms in total. The quantitative estimate of drug-likeness (QED) is 0.894. The molecule has 1 aromatic heterocycles. The Balaban J connectivity index is 2.55. The molecule has 18 heavy (non-hydrogen) atoms. The van der Waals surface area contributed by atoms with E-state index in [2.05, 4.69) is 0 Å². The lowest BCUT2D eigenvalue weighted by atomic mass is 10.2. The van der Waals surface area contributed by atoms with Gasteiger partial charge in [-0.2, -0.15) is 0 Å². The predicted octanol–water partition coefficient (Wildman–Crippen LogP) is 1.60. The molecule has 1 amide bonds. The Morgan fingerprint density at radius 1 is 1.28 bits per heavy atom. The van der Waals surface area contributed by atoms with Crippen molar-refractivity contribution in [3.8, 4) is 0 Å². The fraction of sp³-hybridized carbons (Fsp3) is 0.231. The van der Waals surface area contributed by atoms with Crippen LogP contribution in [0.5, 0.6) is 0 Å². The lowest BCUT2D eigenvalue weighted by molar-refractivity contribution is -0.140. The number of para-hydroxylation sites is 1. The number of hydrogen-bond donors (Lipinski definition) is 1. The van der Waals surface area contributed by atoms with Crippen LogP contribution in [0.25, 0.3) is 10.9 Å². The highest BCUT2D eigenvalue weighted by Crippen LogP contribution is 2.16. The van der Waals surface area contributed by atoms with Gasteiger partial charge in [0.1, 0.15) is 6.04 Å². The van der Waals surface area contributed by atoms with E-state index in [1.807, 2.05) is 30.3 Å². The van der Waals surface area contributed by atoms with Crippen LogP contribution in [-0.4, -0.2) is 27.7 Å². The summed E-state index contributed by atoms with van der Waals surface area (Å²) in [6, 6.07) is 8.43. The van der Waals surface area contributed by atoms with Gasteiger partial charge >= 0.3 is 5.97 Å². The molecule has 0 radical (unpaired) electrons. The average Bonchev–Trinajstić information content (AvgIpc) is 2.73. The fourth-order valence-electron chi connectivity index (χ4n) is 1.97. The molecule has 0 aliphatic rings. The molecule has 0 bridgehead atoms. The molecule has 0 saturated heterocycles. The van der Waals surface area contributed by atoms with Crippen molar-refractivity contribution >= 4 is 22.8 Å². The third-order valence-electron chi connectivity index (χ3n) is 2.86. The van der Waals surface area contributed by atoms with Crippen molar-refractivity contribution in [3.63, 3.8) is 0 Å². The first-order valence-corrected chi connectivity index (χ1v) is 5.61. The molecule has 0 saturated carbocycles. The van der Waals surface area contributed by atoms with E-state index in [-0.39, 0.29) is 5.91 Å². The van der Waals surface area contributed by atoms with E-state index in [9.17, 15) is 9.59 Å². The minimum absolute atomic E-state index is 0.314. The van der Waals surface area contributed by atoms with Gasteiger partial charge in [-0.05, 0) is 19.1 Å². The van der Waals surface area contributed by atoms with Crippen molar-refractivity contribution in [2.75, 3.05) is 5.01 Å². The van der Waals surface area contributed by atoms with Crippen LogP contribution in [0.4, 0.5) is 0 Å². The maximum Gasteiger partial charge on any atom is 0.328 e. The zero-order valence-electron chi connectivity index (χ0n) is 10.2. The first-order chi connectivity index (χ1) is 8.52. The SMILES string of the molecule is CC(=O)N([C@@H](C)C(=O)O)n1ccc2ccccc21. The second-order valence-electron chi connectivity index (χ2n) is 4.10. The Morgan fingerprint density at radius 2 is 1.94 bits per heavy atom. The molecule has 0 unspecified atom stereocenters. The van der Waals surface area contributed by atoms with Crippen molar-refractivity contribution in [3.05, 3.63) is 36.5 Å². The maximum atomic E-state index is 11.7. The first kappa shape index (κ1) is 12.2. The Labute approximate surface area is 104 Å². The van der Waals surface area contributed by atoms with Crippen LogP contribution in [-0.2, 0) is 9.59 Å². The Hall–Kier alpha value is -2.30. The van der Waals surface area contributed by atoms with Gasteiger partial charge in [0.25, 0.3) is 0 Å². The summed E-state index contributed by atoms with van der Waals surface area (Å²) in [6.45, 7) is 2.84. The highest BCUT2D eigenvalue weighted by molar-refractivity contribution is 5.93. The molecule has 1 heterocycles. The van der Waals surface area contributed by atoms with Crippen molar-refractivity contribution < 1.29 is 14.7 Å². The molecule has 0 aliphatic carbocycles. The smallest absolute Gasteiger partial charge is 0.328 e. The van der Waals surface area contributed by atoms with E-state index in [1.165, 1.54) is 18.9 Å². The second-order valence-corrected chi connectivity index (χ2v) is 4.10. The van der Waals surface area contributed by atoms with Crippen LogP contribution < -0.4 is 5.01 Å². The van der Waals surface area contributed by atoms with Gasteiger partial charge in [-0.3, -0.25) is 9.47 Å². The number of aromatic nitrogens is 1. The van der Waals surface area contributed by atoms with Gasteiger partial charge in [0.15, 0.2) is 0 Å². The van der Waals surface area contributed by atoms with E-state index in [4.69, 9.17) is 5.11 Å². The van der Waals surface area contributed by atoms with Crippen molar-refractivity contribution in [1.82, 2.24) is 4.68 Å². The lowest BCUT2D eigenvalue weighted by Gasteiger charge is -2.27. The number of carboxylic acids is 1. The van der Waals surface area contributed by atoms with Gasteiger partial charge in [0, 0.05) is 18.5 Å². The summed E-state index contributed by atoms with van der Waals surface area (Å²) in [5.41, 5.74) is 0.806. The van der Waals surface area contributed by atoms with Crippen LogP contribution >= 0.6 is 0 Å². The second kappa shape index (κ2) is 4.52. The number of rotatable bonds is 3. The summed E-state index contributed by atoms with van der Waals surface area (Å²) < 4.78 is 1.58. The molecule has 1 atom stereocenters. The molecule has 1 aromatic carbocycles. The Morgan fingerprint density at radius 3 is 2.56 bits per heavy atom. The predicted molar refractivity (Wildman–Crippen MR) is 67.9 cm³/mol. The third-order valence-corrected chi connectivity index (χ3v) is 2.86. The largest absolute Gasteiger partial charge is 0.480 e. The number of fused-ring (bicyclic) bond motifs is 1. The molecule has 0 fully saturated rings. The standard InChI is InChI=1S/C13H14N2O3/c1-9(13(17)18)15(10(2)16)14-8-7-11-5-3-4-6-12(11)14/h3-9H,1-2H3,(H,17,18)/t9-/m0/s1. The van der Waals surface area contributed by atoms with Gasteiger partial charge in [0.2, 0.25) is 5.91 Å². The number of aliphatic carboxylic acids is 1. The van der Waals surface area contributed by atoms with E-state index >= 15 is 0 Å². The van der Waals surface area contributed by atoms with Crippen molar-refractivity contribution in [2.45, 2.75) is 19.9 Å². The molecule has 2 aromatic rings. The lowest BCUT2D eigenvalue weighted by Crippen LogP contribution is -2.49. The number of nitrogens with zero attached hydrogens (tertiary/aromatic N) is 2. The molecular formula is C13H14N2O3. The zero-order chi connectivity index (χ0) is 13.3. The average molecular weight is 246 g/mol. The summed E-state index contributed by atoms with van der Waals surface area (Å²) in [5.74, 6) is -1.35. The highest BCUT2D eigenvalue weighted by atomic mass is 16.4. The number of amides is 1. The molecule has 2 rings (SSSR count). The maximum absolute atomic E-state index is 11.7. The fourth-order valence-corrected chi connectivity index (χ4v) is 1.97. The Kier molecular flexibility index (Phi) is 3.06. The summed E-state index contributed by atoms with van der Waals surface area (Å²) >= 11 is 0. The molecular weight excluding hydrogens is 232 g/mol. The highest BCUT2D eigenvalue weighted by Gasteiger charge is 2.25. The van der Waals surface area contributed by atoms with Gasteiger partial charge in [0.05, 0.1) is 5.52 Å². The van der Waals surface area contributed by atoms with Crippen LogP contribution in [0.1, 0.15) is 13.8 Å². The molecule has 0 spiro atoms. The van der Waals surface area contributed by atoms with Crippen molar-refractivity contribution in [2.24, 2.45) is 0 Å². The van der Waals surface area contributed by atoms with E-state index in [0.29, 0.717) is 0 Å². The van der Waals surface area contributed by atoms with Crippen molar-refractivity contribution in [1.29, 1.82) is 0 Å². The summed E-state index contributed by atoms with van der Waals surface area (Å²) in [6.07, 6.45) is 1.70. The molecule has 94 valence electrons. The van der Waals surface area contributed by atoms with E-state index in [1.54, 1.807) is 10.9 Å². The number of carboxylic acid groups (broad SMARTS) is 1. The molecule has 5 heteroatoms. The van der Waals surface area contributed by atoms with Crippen LogP contribution in [0.2, 0.25) is 0 Å². The minimum atomic E-state index is -1.04. The van der Waals surface area contributed by atoms with Gasteiger partial charge in [-0.25, -0.2) is 9.80 Å². The van der Waals surface area contributed by atoms with Crippen LogP contribution in [0.3, 0.4) is 0 Å². The molecule has 0 aliphatic heterocycles. The topological polar surface area (TPSA) is 62.5 Å². The monoisotopic (exact) mass is 246 g/mol.